The molecule has 0 saturated heterocycles. The average Bonchev–Trinajstić information content (AvgIpc) is 3.68. The first-order valence-corrected chi connectivity index (χ1v) is 17.1. The molecule has 5 nitrogen and oxygen atoms in total. The van der Waals surface area contributed by atoms with Gasteiger partial charge in [-0.05, 0) is 82.6 Å². The molecule has 0 N–H and O–H groups in total. The topological polar surface area (TPSA) is 26.8 Å². The quantitative estimate of drug-likeness (QED) is 0.155. The molecule has 0 saturated carbocycles. The second kappa shape index (κ2) is 7.50. The molecule has 12 rings (SSSR count). The Morgan fingerprint density at radius 3 is 2.08 bits per heavy atom. The van der Waals surface area contributed by atoms with Crippen molar-refractivity contribution < 1.29 is 13.9 Å². The van der Waals surface area contributed by atoms with E-state index >= 15 is 0 Å². The fraction of sp³-hybridized carbons (Fsp3) is 0.209. The maximum absolute atomic E-state index is 7.02. The first kappa shape index (κ1) is 25.6. The fourth-order valence-electron chi connectivity index (χ4n) is 9.78. The lowest BCUT2D eigenvalue weighted by atomic mass is 9.81. The maximum atomic E-state index is 7.02. The Kier molecular flexibility index (Phi) is 4.00. The number of para-hydroxylation sites is 2. The van der Waals surface area contributed by atoms with Gasteiger partial charge < -0.3 is 4.74 Å². The van der Waals surface area contributed by atoms with Gasteiger partial charge in [-0.3, -0.25) is 0 Å². The molecule has 1 unspecified atom stereocenters. The van der Waals surface area contributed by atoms with Crippen LogP contribution in [0.25, 0.3) is 66.6 Å². The molecular weight excluding hydrogens is 589 g/mol. The highest BCUT2D eigenvalue weighted by Crippen LogP contribution is 2.59. The number of fused-ring (bicyclic) bond motifs is 9. The Hall–Kier alpha value is -5.42. The molecule has 48 heavy (non-hydrogen) atoms. The average molecular weight is 623 g/mol. The van der Waals surface area contributed by atoms with Crippen LogP contribution in [0.2, 0.25) is 0 Å². The van der Waals surface area contributed by atoms with E-state index in [1.165, 1.54) is 88.9 Å². The van der Waals surface area contributed by atoms with Crippen LogP contribution in [0.5, 0.6) is 11.5 Å². The third-order valence-electron chi connectivity index (χ3n) is 11.7. The molecule has 230 valence electrons. The zero-order valence-electron chi connectivity index (χ0n) is 27.9. The van der Waals surface area contributed by atoms with Crippen molar-refractivity contribution in [3.05, 3.63) is 119 Å². The summed E-state index contributed by atoms with van der Waals surface area (Å²) in [4.78, 5) is 0. The predicted octanol–water partition coefficient (Wildman–Crippen LogP) is 9.06. The van der Waals surface area contributed by atoms with Crippen LogP contribution in [0.3, 0.4) is 0 Å². The standard InChI is InChI=1S/C43H34N4O/c1-41(2,3)23-20-31-32-22-27(42(4,5)6)36-26-13-8-10-15-29(26)44-30-16-11-17-33-37(30)43(47(32)40(36)44)38-34(48-33)19-18-25-24-12-7-9-14-28(24)45(39(25)38)35(21-23)46(31)43/h7-22H,1-6H3/q+2. The first-order chi connectivity index (χ1) is 23.1. The lowest BCUT2D eigenvalue weighted by molar-refractivity contribution is -0.927. The number of rotatable bonds is 0. The Bertz CT molecular complexity index is 2890. The summed E-state index contributed by atoms with van der Waals surface area (Å²) < 4.78 is 17.5. The summed E-state index contributed by atoms with van der Waals surface area (Å²) in [6.07, 6.45) is 0. The van der Waals surface area contributed by atoms with Crippen LogP contribution in [-0.4, -0.2) is 9.13 Å². The highest BCUT2D eigenvalue weighted by atomic mass is 16.5. The van der Waals surface area contributed by atoms with Crippen molar-refractivity contribution in [2.45, 2.75) is 58.0 Å². The van der Waals surface area contributed by atoms with Crippen molar-refractivity contribution >= 4 is 43.7 Å². The molecule has 0 fully saturated rings. The second-order valence-corrected chi connectivity index (χ2v) is 16.3. The van der Waals surface area contributed by atoms with E-state index < -0.39 is 5.66 Å². The Morgan fingerprint density at radius 1 is 0.604 bits per heavy atom. The summed E-state index contributed by atoms with van der Waals surface area (Å²) in [5.74, 6) is 3.05. The van der Waals surface area contributed by atoms with Crippen molar-refractivity contribution in [3.63, 3.8) is 0 Å². The van der Waals surface area contributed by atoms with Crippen molar-refractivity contribution in [3.8, 4) is 34.4 Å². The molecule has 4 aromatic heterocycles. The fourth-order valence-corrected chi connectivity index (χ4v) is 9.78. The number of ether oxygens (including phenoxy) is 1. The number of hydrogen-bond donors (Lipinski definition) is 0. The third-order valence-corrected chi connectivity index (χ3v) is 11.7. The molecule has 4 aromatic carbocycles. The highest BCUT2D eigenvalue weighted by Gasteiger charge is 2.69. The molecule has 1 spiro atoms. The van der Waals surface area contributed by atoms with Crippen LogP contribution in [0.1, 0.15) is 63.8 Å². The van der Waals surface area contributed by atoms with Gasteiger partial charge in [0.2, 0.25) is 0 Å². The SMILES string of the molecule is CC(C)(C)c1cc2[n+]3c(c1)-n1c4ccccc4c4ccc5c(c41)C31c3c(cccc3-n3c4ccccc4c4c(C(C)(C)C)cc-2[n+]1c43)O5. The van der Waals surface area contributed by atoms with Crippen LogP contribution in [0.4, 0.5) is 0 Å². The largest absolute Gasteiger partial charge is 0.456 e. The Balaban J connectivity index is 1.46. The predicted molar refractivity (Wildman–Crippen MR) is 190 cm³/mol. The van der Waals surface area contributed by atoms with E-state index in [0.717, 1.165) is 11.5 Å². The minimum absolute atomic E-state index is 0.0539. The normalized spacial score (nSPS) is 17.6. The molecule has 4 aliphatic heterocycles. The number of pyridine rings is 2. The zero-order chi connectivity index (χ0) is 32.2. The molecular formula is C43H34N4O+2. The monoisotopic (exact) mass is 622 g/mol. The molecule has 8 aromatic rings. The minimum Gasteiger partial charge on any atom is -0.456 e. The van der Waals surface area contributed by atoms with Gasteiger partial charge in [-0.1, -0.05) is 71.9 Å². The second-order valence-electron chi connectivity index (χ2n) is 16.3. The van der Waals surface area contributed by atoms with Gasteiger partial charge in [0.05, 0.1) is 5.39 Å². The van der Waals surface area contributed by atoms with Crippen LogP contribution in [-0.2, 0) is 16.5 Å². The van der Waals surface area contributed by atoms with E-state index in [-0.39, 0.29) is 10.8 Å². The number of hydrogen-bond acceptors (Lipinski definition) is 1. The summed E-state index contributed by atoms with van der Waals surface area (Å²) in [6, 6.07) is 36.5. The molecule has 4 aliphatic rings. The zero-order valence-corrected chi connectivity index (χ0v) is 27.9. The summed E-state index contributed by atoms with van der Waals surface area (Å²) >= 11 is 0. The van der Waals surface area contributed by atoms with Crippen LogP contribution < -0.4 is 13.9 Å². The summed E-state index contributed by atoms with van der Waals surface area (Å²) in [7, 11) is 0. The molecule has 0 amide bonds. The Morgan fingerprint density at radius 2 is 1.31 bits per heavy atom. The van der Waals surface area contributed by atoms with Crippen molar-refractivity contribution in [2.75, 3.05) is 0 Å². The number of benzene rings is 4. The minimum atomic E-state index is -0.668. The molecule has 8 heterocycles. The van der Waals surface area contributed by atoms with Gasteiger partial charge in [0.25, 0.3) is 11.5 Å². The Labute approximate surface area is 277 Å². The first-order valence-electron chi connectivity index (χ1n) is 17.1. The van der Waals surface area contributed by atoms with Gasteiger partial charge in [0.15, 0.2) is 16.9 Å². The molecule has 1 atom stereocenters. The highest BCUT2D eigenvalue weighted by molar-refractivity contribution is 6.13. The van der Waals surface area contributed by atoms with Crippen LogP contribution in [0.15, 0.2) is 97.1 Å². The lowest BCUT2D eigenvalue weighted by Gasteiger charge is -2.39. The smallest absolute Gasteiger partial charge is 0.323 e. The number of nitrogens with zero attached hydrogens (tertiary/aromatic N) is 4. The number of aromatic nitrogens is 4. The third kappa shape index (κ3) is 2.50. The van der Waals surface area contributed by atoms with E-state index in [1.807, 2.05) is 0 Å². The van der Waals surface area contributed by atoms with E-state index in [9.17, 15) is 0 Å². The van der Waals surface area contributed by atoms with Gasteiger partial charge in [-0.25, -0.2) is 0 Å². The van der Waals surface area contributed by atoms with Gasteiger partial charge in [0.1, 0.15) is 39.3 Å². The van der Waals surface area contributed by atoms with E-state index in [0.29, 0.717) is 0 Å². The molecule has 0 bridgehead atoms. The van der Waals surface area contributed by atoms with Crippen molar-refractivity contribution in [2.24, 2.45) is 0 Å². The van der Waals surface area contributed by atoms with Gasteiger partial charge in [-0.2, -0.15) is 18.3 Å². The van der Waals surface area contributed by atoms with Crippen LogP contribution in [0, 0.1) is 0 Å². The van der Waals surface area contributed by atoms with E-state index in [1.54, 1.807) is 0 Å². The molecule has 5 heteroatoms. The van der Waals surface area contributed by atoms with Gasteiger partial charge >= 0.3 is 5.66 Å². The molecule has 0 radical (unpaired) electrons. The maximum Gasteiger partial charge on any atom is 0.323 e. The van der Waals surface area contributed by atoms with Crippen LogP contribution >= 0.6 is 0 Å². The van der Waals surface area contributed by atoms with E-state index in [4.69, 9.17) is 4.74 Å². The van der Waals surface area contributed by atoms with E-state index in [2.05, 4.69) is 157 Å². The van der Waals surface area contributed by atoms with Crippen molar-refractivity contribution in [1.29, 1.82) is 0 Å². The summed E-state index contributed by atoms with van der Waals surface area (Å²) in [5, 5.41) is 5.16. The van der Waals surface area contributed by atoms with Crippen molar-refractivity contribution in [1.82, 2.24) is 9.13 Å². The van der Waals surface area contributed by atoms with Gasteiger partial charge in [-0.15, -0.1) is 0 Å². The molecule has 0 aliphatic carbocycles. The lowest BCUT2D eigenvalue weighted by Crippen LogP contribution is -2.75. The van der Waals surface area contributed by atoms with Gasteiger partial charge in [0, 0.05) is 22.2 Å². The summed E-state index contributed by atoms with van der Waals surface area (Å²) in [5.41, 5.74) is 13.0. The summed E-state index contributed by atoms with van der Waals surface area (Å²) in [6.45, 7) is 14.1.